The molecule has 300 valence electrons. The van der Waals surface area contributed by atoms with Crippen molar-refractivity contribution < 1.29 is 18.3 Å². The summed E-state index contributed by atoms with van der Waals surface area (Å²) in [6.45, 7) is 0. The largest absolute Gasteiger partial charge is 0.310 e. The van der Waals surface area contributed by atoms with Gasteiger partial charge in [-0.3, -0.25) is 39.9 Å². The average Bonchev–Trinajstić information content (AvgIpc) is 3.34. The Morgan fingerprint density at radius 3 is 0.467 bits per heavy atom. The second-order valence-electron chi connectivity index (χ2n) is 13.4. The topological polar surface area (TPSA) is 171 Å². The fourth-order valence-electron chi connectivity index (χ4n) is 6.49. The molecule has 0 aliphatic rings. The first-order valence-electron chi connectivity index (χ1n) is 18.9. The van der Waals surface area contributed by atoms with Crippen LogP contribution >= 0.6 is 28.6 Å². The summed E-state index contributed by atoms with van der Waals surface area (Å²) in [7, 11) is -12.8. The minimum absolute atomic E-state index is 0.144. The summed E-state index contributed by atoms with van der Waals surface area (Å²) in [6.07, 6.45) is 13.5. The van der Waals surface area contributed by atoms with Gasteiger partial charge in [-0.05, 0) is 97.1 Å². The third-order valence-corrected chi connectivity index (χ3v) is 21.8. The highest BCUT2D eigenvalue weighted by Gasteiger charge is 2.38. The summed E-state index contributed by atoms with van der Waals surface area (Å²) in [5.41, 5.74) is 3.65. The Morgan fingerprint density at radius 2 is 0.367 bits per heavy atom. The Balaban J connectivity index is 0.000000181. The van der Waals surface area contributed by atoms with E-state index in [1.165, 1.54) is 0 Å². The van der Waals surface area contributed by atoms with Crippen LogP contribution in [0, 0.1) is 0 Å². The van der Waals surface area contributed by atoms with Crippen LogP contribution in [0.25, 0.3) is 0 Å². The first-order chi connectivity index (χ1) is 29.3. The quantitative estimate of drug-likeness (QED) is 0.131. The van der Waals surface area contributed by atoms with E-state index in [-0.39, 0.29) is 24.6 Å². The number of pyridine rings is 8. The maximum Gasteiger partial charge on any atom is 0.178 e. The van der Waals surface area contributed by atoms with Crippen LogP contribution in [0.4, 0.5) is 0 Å². The lowest BCUT2D eigenvalue weighted by Crippen LogP contribution is -2.28. The van der Waals surface area contributed by atoms with Gasteiger partial charge in [0, 0.05) is 74.2 Å². The molecule has 16 heteroatoms. The molecule has 0 saturated carbocycles. The highest BCUT2D eigenvalue weighted by molar-refractivity contribution is 7.82. The third kappa shape index (κ3) is 9.44. The first kappa shape index (κ1) is 42.3. The zero-order chi connectivity index (χ0) is 41.7. The van der Waals surface area contributed by atoms with Crippen molar-refractivity contribution in [3.05, 3.63) is 195 Å². The van der Waals surface area contributed by atoms with Crippen LogP contribution in [0.5, 0.6) is 0 Å². The predicted molar refractivity (Wildman–Crippen MR) is 241 cm³/mol. The normalized spacial score (nSPS) is 11.9. The van der Waals surface area contributed by atoms with E-state index in [0.717, 1.165) is 0 Å². The summed E-state index contributed by atoms with van der Waals surface area (Å²) in [5.74, 6) is 0. The standard InChI is InChI=1S/2C22H20N4O2P2/c2*27-29(19-9-1-5-13-23-19,20-10-2-6-14-24-20)17-18-30(28,21-11-3-7-15-25-21)22-12-4-8-16-26-22/h2*1-16H,17-18H2. The molecule has 0 N–H and O–H groups in total. The molecule has 0 aliphatic carbocycles. The van der Waals surface area contributed by atoms with Gasteiger partial charge in [0.1, 0.15) is 43.5 Å². The van der Waals surface area contributed by atoms with E-state index in [2.05, 4.69) is 39.9 Å². The molecule has 0 amide bonds. The fourth-order valence-corrected chi connectivity index (χ4v) is 18.4. The molecule has 0 radical (unpaired) electrons. The van der Waals surface area contributed by atoms with Crippen molar-refractivity contribution >= 4 is 72.0 Å². The lowest BCUT2D eigenvalue weighted by molar-refractivity contribution is 0.580. The zero-order valence-corrected chi connectivity index (χ0v) is 35.9. The van der Waals surface area contributed by atoms with Gasteiger partial charge in [-0.2, -0.15) is 0 Å². The highest BCUT2D eigenvalue weighted by Crippen LogP contribution is 2.51. The first-order valence-corrected chi connectivity index (χ1v) is 26.5. The molecule has 0 unspecified atom stereocenters. The van der Waals surface area contributed by atoms with Crippen molar-refractivity contribution in [3.8, 4) is 0 Å². The van der Waals surface area contributed by atoms with Crippen LogP contribution in [0.3, 0.4) is 0 Å². The molecular weight excluding hydrogens is 828 g/mol. The van der Waals surface area contributed by atoms with Gasteiger partial charge in [0.05, 0.1) is 0 Å². The number of aromatic nitrogens is 8. The molecule has 0 fully saturated rings. The lowest BCUT2D eigenvalue weighted by Gasteiger charge is -2.21. The van der Waals surface area contributed by atoms with E-state index in [4.69, 9.17) is 0 Å². The van der Waals surface area contributed by atoms with Crippen molar-refractivity contribution in [1.29, 1.82) is 0 Å². The van der Waals surface area contributed by atoms with E-state index >= 15 is 0 Å². The van der Waals surface area contributed by atoms with Gasteiger partial charge >= 0.3 is 0 Å². The van der Waals surface area contributed by atoms with E-state index in [0.29, 0.717) is 43.5 Å². The molecule has 8 aromatic heterocycles. The van der Waals surface area contributed by atoms with Gasteiger partial charge in [0.25, 0.3) is 0 Å². The molecule has 0 spiro atoms. The van der Waals surface area contributed by atoms with E-state index < -0.39 is 28.6 Å². The number of hydrogen-bond donors (Lipinski definition) is 0. The SMILES string of the molecule is O=P(CCP(=O)(c1ccccn1)c1ccccn1)(c1ccccn1)c1ccccn1.O=P(CCP(=O)(c1ccccn1)c1ccccn1)(c1ccccn1)c1ccccn1. The van der Waals surface area contributed by atoms with E-state index in [9.17, 15) is 18.3 Å². The molecule has 8 aromatic rings. The summed E-state index contributed by atoms with van der Waals surface area (Å²) in [6, 6.07) is 42.5. The second kappa shape index (κ2) is 19.5. The lowest BCUT2D eigenvalue weighted by atomic mass is 10.5. The van der Waals surface area contributed by atoms with Gasteiger partial charge in [-0.15, -0.1) is 0 Å². The summed E-state index contributed by atoms with van der Waals surface area (Å²) in [4.78, 5) is 34.8. The minimum atomic E-state index is -3.21. The Hall–Kier alpha value is -5.88. The van der Waals surface area contributed by atoms with Gasteiger partial charge in [-0.1, -0.05) is 48.5 Å². The summed E-state index contributed by atoms with van der Waals surface area (Å²) < 4.78 is 57.0. The maximum atomic E-state index is 14.2. The van der Waals surface area contributed by atoms with Crippen molar-refractivity contribution in [2.24, 2.45) is 0 Å². The number of nitrogens with zero attached hydrogens (tertiary/aromatic N) is 8. The zero-order valence-electron chi connectivity index (χ0n) is 32.3. The Kier molecular flexibility index (Phi) is 13.7. The monoisotopic (exact) mass is 868 g/mol. The third-order valence-electron chi connectivity index (χ3n) is 9.61. The molecule has 0 saturated heterocycles. The Labute approximate surface area is 348 Å². The molecule has 0 bridgehead atoms. The van der Waals surface area contributed by atoms with E-state index in [1.807, 2.05) is 0 Å². The fraction of sp³-hybridized carbons (Fsp3) is 0.0909. The minimum Gasteiger partial charge on any atom is -0.310 e. The second-order valence-corrected chi connectivity index (χ2v) is 24.7. The van der Waals surface area contributed by atoms with Gasteiger partial charge < -0.3 is 18.3 Å². The molecule has 8 heterocycles. The van der Waals surface area contributed by atoms with Gasteiger partial charge in [0.2, 0.25) is 0 Å². The van der Waals surface area contributed by atoms with Crippen molar-refractivity contribution in [3.63, 3.8) is 0 Å². The predicted octanol–water partition coefficient (Wildman–Crippen LogP) is 5.19. The Morgan fingerprint density at radius 1 is 0.233 bits per heavy atom. The molecular formula is C44H40N8O4P4. The van der Waals surface area contributed by atoms with Crippen LogP contribution in [0.1, 0.15) is 0 Å². The van der Waals surface area contributed by atoms with Crippen molar-refractivity contribution in [2.75, 3.05) is 24.6 Å². The van der Waals surface area contributed by atoms with Crippen LogP contribution < -0.4 is 43.5 Å². The molecule has 60 heavy (non-hydrogen) atoms. The van der Waals surface area contributed by atoms with Crippen LogP contribution in [0.2, 0.25) is 0 Å². The molecule has 12 nitrogen and oxygen atoms in total. The number of hydrogen-bond acceptors (Lipinski definition) is 12. The van der Waals surface area contributed by atoms with Gasteiger partial charge in [0.15, 0.2) is 28.6 Å². The molecule has 8 rings (SSSR count). The molecule has 0 aliphatic heterocycles. The van der Waals surface area contributed by atoms with Crippen LogP contribution in [-0.2, 0) is 18.3 Å². The Bertz CT molecular complexity index is 2210. The molecule has 0 aromatic carbocycles. The van der Waals surface area contributed by atoms with Gasteiger partial charge in [-0.25, -0.2) is 0 Å². The molecule has 0 atom stereocenters. The van der Waals surface area contributed by atoms with Crippen LogP contribution in [-0.4, -0.2) is 64.5 Å². The average molecular weight is 869 g/mol. The van der Waals surface area contributed by atoms with Crippen molar-refractivity contribution in [1.82, 2.24) is 39.9 Å². The number of rotatable bonds is 14. The summed E-state index contributed by atoms with van der Waals surface area (Å²) in [5, 5.41) is 0. The summed E-state index contributed by atoms with van der Waals surface area (Å²) >= 11 is 0. The smallest absolute Gasteiger partial charge is 0.178 e. The van der Waals surface area contributed by atoms with Crippen LogP contribution in [0.15, 0.2) is 195 Å². The van der Waals surface area contributed by atoms with E-state index in [1.54, 1.807) is 195 Å². The van der Waals surface area contributed by atoms with Crippen molar-refractivity contribution in [2.45, 2.75) is 0 Å². The maximum absolute atomic E-state index is 14.2. The highest BCUT2D eigenvalue weighted by atomic mass is 31.2.